The average molecular weight is 179 g/mol. The summed E-state index contributed by atoms with van der Waals surface area (Å²) in [6, 6.07) is 0. The molecule has 0 aliphatic rings. The molecule has 13 heavy (non-hydrogen) atoms. The van der Waals surface area contributed by atoms with E-state index in [-0.39, 0.29) is 5.54 Å². The van der Waals surface area contributed by atoms with Gasteiger partial charge in [0.25, 0.3) is 0 Å². The van der Waals surface area contributed by atoms with E-state index in [0.29, 0.717) is 0 Å². The molecule has 1 aromatic rings. The molecule has 0 radical (unpaired) electrons. The van der Waals surface area contributed by atoms with Crippen molar-refractivity contribution in [1.82, 2.24) is 9.78 Å². The summed E-state index contributed by atoms with van der Waals surface area (Å²) in [7, 11) is 0. The van der Waals surface area contributed by atoms with Gasteiger partial charge in [-0.3, -0.25) is 4.68 Å². The van der Waals surface area contributed by atoms with E-state index < -0.39 is 0 Å². The lowest BCUT2D eigenvalue weighted by atomic mass is 9.99. The Kier molecular flexibility index (Phi) is 2.88. The summed E-state index contributed by atoms with van der Waals surface area (Å²) in [5.41, 5.74) is 6.90. The number of rotatable bonds is 4. The Balaban J connectivity index is 2.63. The highest BCUT2D eigenvalue weighted by molar-refractivity contribution is 5.08. The molecular weight excluding hydrogens is 162 g/mol. The lowest BCUT2D eigenvalue weighted by Gasteiger charge is -2.16. The number of nitrogens with zero attached hydrogens (tertiary/aromatic N) is 2. The first kappa shape index (κ1) is 9.99. The molecule has 0 amide bonds. The smallest absolute Gasteiger partial charge is 0.0587 e. The van der Waals surface area contributed by atoms with Crippen LogP contribution in [0.2, 0.25) is 0 Å². The molecule has 0 spiro atoms. The second-order valence-corrected chi connectivity index (χ2v) is 4.02. The van der Waals surface area contributed by atoms with Crippen molar-refractivity contribution in [1.29, 1.82) is 0 Å². The zero-order valence-electron chi connectivity index (χ0n) is 8.33. The maximum atomic E-state index is 5.89. The van der Waals surface area contributed by atoms with Crippen LogP contribution >= 0.6 is 0 Å². The fourth-order valence-corrected chi connectivity index (χ4v) is 1.26. The Morgan fingerprint density at radius 2 is 2.38 bits per heavy atom. The van der Waals surface area contributed by atoms with Gasteiger partial charge in [-0.1, -0.05) is 6.08 Å². The van der Waals surface area contributed by atoms with Crippen molar-refractivity contribution in [2.24, 2.45) is 5.73 Å². The summed E-state index contributed by atoms with van der Waals surface area (Å²) in [4.78, 5) is 0. The van der Waals surface area contributed by atoms with Gasteiger partial charge in [-0.25, -0.2) is 0 Å². The standard InChI is InChI=1S/C10H17N3/c1-4-5-13-8-9(7-12-13)6-10(2,3)11/h4,7-8H,1,5-6,11H2,2-3H3. The van der Waals surface area contributed by atoms with Gasteiger partial charge in [0.2, 0.25) is 0 Å². The van der Waals surface area contributed by atoms with Crippen molar-refractivity contribution in [3.63, 3.8) is 0 Å². The van der Waals surface area contributed by atoms with Crippen LogP contribution in [0.3, 0.4) is 0 Å². The van der Waals surface area contributed by atoms with E-state index in [1.807, 2.05) is 37.0 Å². The molecule has 0 aromatic carbocycles. The Bertz CT molecular complexity index is 281. The molecule has 72 valence electrons. The predicted octanol–water partition coefficient (Wildman–Crippen LogP) is 1.35. The first-order chi connectivity index (χ1) is 6.01. The molecule has 1 rings (SSSR count). The zero-order chi connectivity index (χ0) is 9.90. The van der Waals surface area contributed by atoms with Crippen LogP contribution in [-0.2, 0) is 13.0 Å². The Labute approximate surface area is 79.2 Å². The quantitative estimate of drug-likeness (QED) is 0.709. The molecule has 1 aromatic heterocycles. The van der Waals surface area contributed by atoms with Crippen molar-refractivity contribution in [2.75, 3.05) is 0 Å². The van der Waals surface area contributed by atoms with Gasteiger partial charge in [-0.15, -0.1) is 6.58 Å². The third kappa shape index (κ3) is 3.42. The van der Waals surface area contributed by atoms with Crippen molar-refractivity contribution in [3.8, 4) is 0 Å². The molecule has 0 fully saturated rings. The molecule has 0 saturated carbocycles. The number of allylic oxidation sites excluding steroid dienone is 1. The van der Waals surface area contributed by atoms with Crippen molar-refractivity contribution in [2.45, 2.75) is 32.4 Å². The van der Waals surface area contributed by atoms with Crippen LogP contribution in [0.25, 0.3) is 0 Å². The number of aromatic nitrogens is 2. The molecule has 0 aliphatic carbocycles. The molecule has 3 nitrogen and oxygen atoms in total. The minimum absolute atomic E-state index is 0.165. The first-order valence-corrected chi connectivity index (χ1v) is 4.42. The van der Waals surface area contributed by atoms with Crippen LogP contribution in [0.5, 0.6) is 0 Å². The SMILES string of the molecule is C=CCn1cc(CC(C)(C)N)cn1. The molecule has 0 bridgehead atoms. The molecule has 0 atom stereocenters. The van der Waals surface area contributed by atoms with Gasteiger partial charge in [-0.2, -0.15) is 5.10 Å². The van der Waals surface area contributed by atoms with Gasteiger partial charge < -0.3 is 5.73 Å². The molecule has 2 N–H and O–H groups in total. The third-order valence-corrected chi connectivity index (χ3v) is 1.66. The Morgan fingerprint density at radius 3 is 2.92 bits per heavy atom. The maximum Gasteiger partial charge on any atom is 0.0587 e. The number of hydrogen-bond donors (Lipinski definition) is 1. The van der Waals surface area contributed by atoms with Gasteiger partial charge in [0, 0.05) is 11.7 Å². The van der Waals surface area contributed by atoms with E-state index in [1.165, 1.54) is 5.56 Å². The van der Waals surface area contributed by atoms with Gasteiger partial charge in [-0.05, 0) is 25.8 Å². The van der Waals surface area contributed by atoms with Gasteiger partial charge in [0.15, 0.2) is 0 Å². The average Bonchev–Trinajstić information content (AvgIpc) is 2.33. The summed E-state index contributed by atoms with van der Waals surface area (Å²) >= 11 is 0. The van der Waals surface area contributed by atoms with E-state index in [0.717, 1.165) is 13.0 Å². The van der Waals surface area contributed by atoms with Crippen LogP contribution in [0.1, 0.15) is 19.4 Å². The van der Waals surface area contributed by atoms with Crippen LogP contribution in [0, 0.1) is 0 Å². The summed E-state index contributed by atoms with van der Waals surface area (Å²) in [6.07, 6.45) is 6.54. The topological polar surface area (TPSA) is 43.8 Å². The van der Waals surface area contributed by atoms with Crippen molar-refractivity contribution >= 4 is 0 Å². The van der Waals surface area contributed by atoms with Gasteiger partial charge in [0.1, 0.15) is 0 Å². The fraction of sp³-hybridized carbons (Fsp3) is 0.500. The number of nitrogens with two attached hydrogens (primary N) is 1. The van der Waals surface area contributed by atoms with E-state index in [2.05, 4.69) is 11.7 Å². The highest BCUT2D eigenvalue weighted by Crippen LogP contribution is 2.08. The minimum Gasteiger partial charge on any atom is -0.325 e. The molecule has 1 heterocycles. The largest absolute Gasteiger partial charge is 0.325 e. The van der Waals surface area contributed by atoms with E-state index >= 15 is 0 Å². The Hall–Kier alpha value is -1.09. The van der Waals surface area contributed by atoms with Crippen LogP contribution in [0.4, 0.5) is 0 Å². The van der Waals surface area contributed by atoms with E-state index in [9.17, 15) is 0 Å². The summed E-state index contributed by atoms with van der Waals surface area (Å²) < 4.78 is 1.86. The Morgan fingerprint density at radius 1 is 1.69 bits per heavy atom. The summed E-state index contributed by atoms with van der Waals surface area (Å²) in [6.45, 7) is 8.43. The second-order valence-electron chi connectivity index (χ2n) is 4.02. The van der Waals surface area contributed by atoms with E-state index in [1.54, 1.807) is 0 Å². The second kappa shape index (κ2) is 3.75. The third-order valence-electron chi connectivity index (χ3n) is 1.66. The maximum absolute atomic E-state index is 5.89. The minimum atomic E-state index is -0.165. The normalized spacial score (nSPS) is 11.6. The van der Waals surface area contributed by atoms with Gasteiger partial charge in [0.05, 0.1) is 12.7 Å². The molecule has 0 saturated heterocycles. The molecule has 3 heteroatoms. The summed E-state index contributed by atoms with van der Waals surface area (Å²) in [5, 5.41) is 4.18. The van der Waals surface area contributed by atoms with Crippen molar-refractivity contribution in [3.05, 3.63) is 30.6 Å². The predicted molar refractivity (Wildman–Crippen MR) is 54.4 cm³/mol. The van der Waals surface area contributed by atoms with E-state index in [4.69, 9.17) is 5.73 Å². The van der Waals surface area contributed by atoms with Crippen LogP contribution < -0.4 is 5.73 Å². The highest BCUT2D eigenvalue weighted by atomic mass is 15.3. The van der Waals surface area contributed by atoms with Gasteiger partial charge >= 0.3 is 0 Å². The zero-order valence-corrected chi connectivity index (χ0v) is 8.33. The molecule has 0 unspecified atom stereocenters. The summed E-state index contributed by atoms with van der Waals surface area (Å²) in [5.74, 6) is 0. The highest BCUT2D eigenvalue weighted by Gasteiger charge is 2.12. The van der Waals surface area contributed by atoms with Crippen LogP contribution in [-0.4, -0.2) is 15.3 Å². The number of hydrogen-bond acceptors (Lipinski definition) is 2. The lowest BCUT2D eigenvalue weighted by molar-refractivity contribution is 0.516. The van der Waals surface area contributed by atoms with Crippen molar-refractivity contribution < 1.29 is 0 Å². The molecule has 0 aliphatic heterocycles. The fourth-order valence-electron chi connectivity index (χ4n) is 1.26. The lowest BCUT2D eigenvalue weighted by Crippen LogP contribution is -2.34. The first-order valence-electron chi connectivity index (χ1n) is 4.42. The molecular formula is C10H17N3. The monoisotopic (exact) mass is 179 g/mol. The van der Waals surface area contributed by atoms with Crippen LogP contribution in [0.15, 0.2) is 25.0 Å².